The summed E-state index contributed by atoms with van der Waals surface area (Å²) in [5.74, 6) is 5.64. The molecule has 0 amide bonds. The van der Waals surface area contributed by atoms with E-state index in [1.807, 2.05) is 20.8 Å². The third-order valence-electron chi connectivity index (χ3n) is 4.33. The molecule has 0 aromatic carbocycles. The number of nitrogen functional groups attached to an aromatic ring is 1. The van der Waals surface area contributed by atoms with Crippen LogP contribution < -0.4 is 11.4 Å². The number of rotatable bonds is 11. The highest BCUT2D eigenvalue weighted by molar-refractivity contribution is 7.66. The van der Waals surface area contributed by atoms with Gasteiger partial charge in [-0.1, -0.05) is 32.6 Å². The zero-order valence-corrected chi connectivity index (χ0v) is 22.2. The molecule has 2 rings (SSSR count). The first kappa shape index (κ1) is 30.8. The molecule has 0 saturated carbocycles. The SMILES string of the molecule is CCC#Cc1cn([C@H]2CC(OCC(C)C)[C@@H](COP(=O)(O)OP(=O)(O)OP(=O)(O)O)O2)c(=O)nc1N. The average molecular weight is 575 g/mol. The highest BCUT2D eigenvalue weighted by atomic mass is 31.3. The van der Waals surface area contributed by atoms with Gasteiger partial charge in [0.15, 0.2) is 0 Å². The van der Waals surface area contributed by atoms with Gasteiger partial charge in [-0.15, -0.1) is 0 Å². The van der Waals surface area contributed by atoms with E-state index in [9.17, 15) is 28.3 Å². The molecule has 6 N–H and O–H groups in total. The van der Waals surface area contributed by atoms with Crippen molar-refractivity contribution in [2.45, 2.75) is 52.0 Å². The predicted molar refractivity (Wildman–Crippen MR) is 123 cm³/mol. The van der Waals surface area contributed by atoms with Gasteiger partial charge in [-0.2, -0.15) is 13.6 Å². The molecule has 1 aromatic rings. The lowest BCUT2D eigenvalue weighted by molar-refractivity contribution is -0.0645. The minimum atomic E-state index is -5.68. The van der Waals surface area contributed by atoms with Crippen molar-refractivity contribution in [1.82, 2.24) is 9.55 Å². The van der Waals surface area contributed by atoms with Crippen molar-refractivity contribution in [1.29, 1.82) is 0 Å². The van der Waals surface area contributed by atoms with Gasteiger partial charge in [0, 0.05) is 25.6 Å². The van der Waals surface area contributed by atoms with Crippen LogP contribution in [0.5, 0.6) is 0 Å². The molecule has 0 spiro atoms. The Kier molecular flexibility index (Phi) is 10.6. The van der Waals surface area contributed by atoms with Gasteiger partial charge in [-0.3, -0.25) is 9.09 Å². The fraction of sp³-hybridized carbons (Fsp3) is 0.647. The third kappa shape index (κ3) is 9.79. The summed E-state index contributed by atoms with van der Waals surface area (Å²) >= 11 is 0. The minimum Gasteiger partial charge on any atom is -0.382 e. The number of hydrogen-bond acceptors (Lipinski definition) is 11. The highest BCUT2D eigenvalue weighted by Crippen LogP contribution is 2.66. The van der Waals surface area contributed by atoms with Crippen molar-refractivity contribution >= 4 is 29.3 Å². The maximum atomic E-state index is 12.5. The molecule has 16 nitrogen and oxygen atoms in total. The highest BCUT2D eigenvalue weighted by Gasteiger charge is 2.43. The maximum Gasteiger partial charge on any atom is 0.490 e. The van der Waals surface area contributed by atoms with Crippen LogP contribution in [0.3, 0.4) is 0 Å². The van der Waals surface area contributed by atoms with E-state index in [0.717, 1.165) is 4.57 Å². The van der Waals surface area contributed by atoms with Crippen molar-refractivity contribution in [2.75, 3.05) is 18.9 Å². The molecule has 1 saturated heterocycles. The monoisotopic (exact) mass is 575 g/mol. The summed E-state index contributed by atoms with van der Waals surface area (Å²) in [7, 11) is -16.6. The number of phosphoric ester groups is 1. The quantitative estimate of drug-likeness (QED) is 0.184. The second kappa shape index (κ2) is 12.4. The Balaban J connectivity index is 2.21. The molecular formula is C17H28N3O13P3. The van der Waals surface area contributed by atoms with E-state index in [0.29, 0.717) is 6.42 Å². The molecule has 1 fully saturated rings. The molecule has 36 heavy (non-hydrogen) atoms. The predicted octanol–water partition coefficient (Wildman–Crippen LogP) is 1.26. The second-order valence-electron chi connectivity index (χ2n) is 7.90. The molecular weight excluding hydrogens is 547 g/mol. The fourth-order valence-electron chi connectivity index (χ4n) is 2.95. The molecule has 0 radical (unpaired) electrons. The van der Waals surface area contributed by atoms with Crippen molar-refractivity contribution in [3.05, 3.63) is 22.2 Å². The summed E-state index contributed by atoms with van der Waals surface area (Å²) in [5, 5.41) is 0. The molecule has 19 heteroatoms. The van der Waals surface area contributed by atoms with E-state index < -0.39 is 54.2 Å². The largest absolute Gasteiger partial charge is 0.490 e. The smallest absolute Gasteiger partial charge is 0.382 e. The van der Waals surface area contributed by atoms with Crippen molar-refractivity contribution in [3.8, 4) is 11.8 Å². The first-order chi connectivity index (χ1) is 16.5. The van der Waals surface area contributed by atoms with Gasteiger partial charge < -0.3 is 34.8 Å². The molecule has 3 unspecified atom stereocenters. The first-order valence-corrected chi connectivity index (χ1v) is 15.0. The lowest BCUT2D eigenvalue weighted by Gasteiger charge is -2.21. The Morgan fingerprint density at radius 3 is 2.47 bits per heavy atom. The van der Waals surface area contributed by atoms with Crippen LogP contribution >= 0.6 is 23.5 Å². The van der Waals surface area contributed by atoms with Crippen LogP contribution in [-0.2, 0) is 36.3 Å². The molecule has 1 aliphatic heterocycles. The lowest BCUT2D eigenvalue weighted by Crippen LogP contribution is -2.30. The molecule has 2 heterocycles. The zero-order valence-electron chi connectivity index (χ0n) is 19.5. The lowest BCUT2D eigenvalue weighted by atomic mass is 10.1. The molecule has 0 aliphatic carbocycles. The summed E-state index contributed by atoms with van der Waals surface area (Å²) in [6, 6.07) is 0. The number of nitrogens with two attached hydrogens (primary N) is 1. The van der Waals surface area contributed by atoms with Crippen LogP contribution in [0, 0.1) is 17.8 Å². The molecule has 0 bridgehead atoms. The van der Waals surface area contributed by atoms with Gasteiger partial charge in [-0.25, -0.2) is 18.5 Å². The second-order valence-corrected chi connectivity index (χ2v) is 12.3. The Morgan fingerprint density at radius 2 is 1.89 bits per heavy atom. The number of nitrogens with zero attached hydrogens (tertiary/aromatic N) is 2. The minimum absolute atomic E-state index is 0.0630. The van der Waals surface area contributed by atoms with E-state index in [4.69, 9.17) is 25.0 Å². The van der Waals surface area contributed by atoms with E-state index in [1.165, 1.54) is 6.20 Å². The van der Waals surface area contributed by atoms with Crippen molar-refractivity contribution in [2.24, 2.45) is 5.92 Å². The van der Waals surface area contributed by atoms with Crippen LogP contribution in [0.1, 0.15) is 45.4 Å². The van der Waals surface area contributed by atoms with E-state index in [-0.39, 0.29) is 30.3 Å². The van der Waals surface area contributed by atoms with Crippen molar-refractivity contribution < 1.29 is 55.9 Å². The van der Waals surface area contributed by atoms with Gasteiger partial charge in [0.2, 0.25) is 0 Å². The molecule has 5 atom stereocenters. The van der Waals surface area contributed by atoms with Crippen molar-refractivity contribution in [3.63, 3.8) is 0 Å². The van der Waals surface area contributed by atoms with E-state index in [1.54, 1.807) is 0 Å². The maximum absolute atomic E-state index is 12.5. The topological polar surface area (TPSA) is 239 Å². The van der Waals surface area contributed by atoms with Crippen LogP contribution in [0.15, 0.2) is 11.0 Å². The van der Waals surface area contributed by atoms with E-state index >= 15 is 0 Å². The summed E-state index contributed by atoms with van der Waals surface area (Å²) in [5.41, 5.74) is 5.31. The number of anilines is 1. The normalized spacial score (nSPS) is 23.6. The number of ether oxygens (including phenoxy) is 2. The van der Waals surface area contributed by atoms with Crippen LogP contribution in [-0.4, -0.2) is 54.5 Å². The fourth-order valence-corrected chi connectivity index (χ4v) is 5.98. The Bertz CT molecular complexity index is 1190. The standard InChI is InChI=1S/C17H28N3O13P3/c1-4-5-6-12-8-20(17(21)19-16(12)18)15-7-13(29-9-11(2)3)14(31-15)10-30-35(25,26)33-36(27,28)32-34(22,23)24/h8,11,13-15H,4,7,9-10H2,1-3H3,(H,25,26)(H,27,28)(H2,18,19,21)(H2,22,23,24)/t13?,14-,15-/m1/s1. The van der Waals surface area contributed by atoms with Gasteiger partial charge in [0.25, 0.3) is 0 Å². The summed E-state index contributed by atoms with van der Waals surface area (Å²) < 4.78 is 59.1. The zero-order chi connectivity index (χ0) is 27.3. The first-order valence-electron chi connectivity index (χ1n) is 10.4. The Morgan fingerprint density at radius 1 is 1.22 bits per heavy atom. The number of hydrogen-bond donors (Lipinski definition) is 5. The van der Waals surface area contributed by atoms with E-state index in [2.05, 4.69) is 30.0 Å². The summed E-state index contributed by atoms with van der Waals surface area (Å²) in [6.07, 6.45) is -0.815. The Labute approximate surface area is 206 Å². The average Bonchev–Trinajstić information content (AvgIpc) is 3.10. The van der Waals surface area contributed by atoms with Crippen LogP contribution in [0.4, 0.5) is 5.82 Å². The molecule has 204 valence electrons. The van der Waals surface area contributed by atoms with Crippen LogP contribution in [0.25, 0.3) is 0 Å². The van der Waals surface area contributed by atoms with Crippen LogP contribution in [0.2, 0.25) is 0 Å². The van der Waals surface area contributed by atoms with Gasteiger partial charge in [-0.05, 0) is 5.92 Å². The molecule has 1 aliphatic rings. The Hall–Kier alpha value is -1.43. The number of phosphoric acid groups is 3. The number of aromatic nitrogens is 2. The van der Waals surface area contributed by atoms with Gasteiger partial charge in [0.1, 0.15) is 18.1 Å². The summed E-state index contributed by atoms with van der Waals surface area (Å²) in [4.78, 5) is 52.5. The van der Waals surface area contributed by atoms with Gasteiger partial charge in [0.05, 0.1) is 18.3 Å². The summed E-state index contributed by atoms with van der Waals surface area (Å²) in [6.45, 7) is 5.10. The third-order valence-corrected chi connectivity index (χ3v) is 8.14. The molecule has 1 aromatic heterocycles. The van der Waals surface area contributed by atoms with Gasteiger partial charge >= 0.3 is 29.2 Å².